The van der Waals surface area contributed by atoms with Crippen LogP contribution in [0.2, 0.25) is 34.3 Å². The average Bonchev–Trinajstić information content (AvgIpc) is 2.69. The molecule has 0 saturated heterocycles. The van der Waals surface area contributed by atoms with Gasteiger partial charge in [-0.1, -0.05) is 0 Å². The molecule has 3 aromatic rings. The van der Waals surface area contributed by atoms with Gasteiger partial charge in [0.2, 0.25) is 0 Å². The standard InChI is InChI=1S/C24H30As4/c1-25(2)19-10-7-13-22(16-19)28(23-14-8-11-20(17-23)26(3)4)24-15-9-12-21(18-24)27(5)6/h7-18H,1-6H3. The summed E-state index contributed by atoms with van der Waals surface area (Å²) in [5, 5.41) is 0. The van der Waals surface area contributed by atoms with E-state index >= 15 is 0 Å². The summed E-state index contributed by atoms with van der Waals surface area (Å²) in [6, 6.07) is 28.9. The Hall–Kier alpha value is -0.106. The zero-order valence-electron chi connectivity index (χ0n) is 17.7. The summed E-state index contributed by atoms with van der Waals surface area (Å²) in [5.41, 5.74) is 14.7. The van der Waals surface area contributed by atoms with Gasteiger partial charge in [0.05, 0.1) is 0 Å². The first-order valence-corrected chi connectivity index (χ1v) is 26.4. The van der Waals surface area contributed by atoms with Crippen molar-refractivity contribution in [1.82, 2.24) is 0 Å². The second kappa shape index (κ2) is 10.3. The molecule has 4 heteroatoms. The summed E-state index contributed by atoms with van der Waals surface area (Å²) in [7, 11) is 0. The molecule has 0 saturated carbocycles. The molecule has 146 valence electrons. The average molecular weight is 618 g/mol. The number of hydrogen-bond acceptors (Lipinski definition) is 0. The minimum absolute atomic E-state index is 0.869. The number of rotatable bonds is 6. The Balaban J connectivity index is 2.18. The fourth-order valence-electron chi connectivity index (χ4n) is 3.18. The zero-order valence-corrected chi connectivity index (χ0v) is 25.2. The summed E-state index contributed by atoms with van der Waals surface area (Å²) < 4.78 is 9.61. The summed E-state index contributed by atoms with van der Waals surface area (Å²) in [6.07, 6.45) is 0. The molecule has 0 N–H and O–H groups in total. The van der Waals surface area contributed by atoms with Crippen LogP contribution < -0.4 is 26.1 Å². The number of benzene rings is 3. The maximum absolute atomic E-state index is 2.56. The van der Waals surface area contributed by atoms with E-state index in [4.69, 9.17) is 0 Å². The Kier molecular flexibility index (Phi) is 8.28. The summed E-state index contributed by atoms with van der Waals surface area (Å²) in [6.45, 7) is 0. The van der Waals surface area contributed by atoms with Crippen molar-refractivity contribution in [2.75, 3.05) is 0 Å². The normalized spacial score (nSPS) is 11.8. The molecule has 0 bridgehead atoms. The Morgan fingerprint density at radius 1 is 0.393 bits per heavy atom. The van der Waals surface area contributed by atoms with Crippen molar-refractivity contribution in [2.24, 2.45) is 0 Å². The predicted octanol–water partition coefficient (Wildman–Crippen LogP) is 2.09. The van der Waals surface area contributed by atoms with Gasteiger partial charge < -0.3 is 0 Å². The van der Waals surface area contributed by atoms with Crippen LogP contribution in [0, 0.1) is 0 Å². The van der Waals surface area contributed by atoms with Crippen molar-refractivity contribution in [1.29, 1.82) is 0 Å². The molecule has 28 heavy (non-hydrogen) atoms. The van der Waals surface area contributed by atoms with Crippen LogP contribution in [-0.4, -0.2) is 58.6 Å². The molecular formula is C24H30As4. The van der Waals surface area contributed by atoms with Gasteiger partial charge in [-0.3, -0.25) is 0 Å². The Morgan fingerprint density at radius 2 is 0.643 bits per heavy atom. The van der Waals surface area contributed by atoms with Gasteiger partial charge in [0.15, 0.2) is 0 Å². The topological polar surface area (TPSA) is 0 Å². The van der Waals surface area contributed by atoms with Crippen molar-refractivity contribution < 1.29 is 0 Å². The van der Waals surface area contributed by atoms with Crippen molar-refractivity contribution in [3.63, 3.8) is 0 Å². The van der Waals surface area contributed by atoms with Gasteiger partial charge in [-0.25, -0.2) is 0 Å². The molecule has 0 atom stereocenters. The van der Waals surface area contributed by atoms with Gasteiger partial charge in [0.25, 0.3) is 0 Å². The van der Waals surface area contributed by atoms with E-state index in [1.165, 1.54) is 0 Å². The van der Waals surface area contributed by atoms with E-state index in [2.05, 4.69) is 107 Å². The quantitative estimate of drug-likeness (QED) is 0.372. The van der Waals surface area contributed by atoms with E-state index in [0.29, 0.717) is 0 Å². The first-order chi connectivity index (χ1) is 13.4. The molecular weight excluding hydrogens is 588 g/mol. The molecule has 0 aliphatic heterocycles. The SMILES string of the molecule is C[As](C)c1cccc([As](c2cccc([As](C)C)c2)c2cccc([As](C)C)c2)c1. The van der Waals surface area contributed by atoms with Gasteiger partial charge in [0.1, 0.15) is 0 Å². The van der Waals surface area contributed by atoms with Crippen LogP contribution in [0.4, 0.5) is 0 Å². The van der Waals surface area contributed by atoms with E-state index < -0.39 is 58.6 Å². The third kappa shape index (κ3) is 5.52. The van der Waals surface area contributed by atoms with Crippen LogP contribution in [0.1, 0.15) is 0 Å². The number of hydrogen-bond donors (Lipinski definition) is 0. The summed E-state index contributed by atoms with van der Waals surface area (Å²) in [4.78, 5) is 0. The van der Waals surface area contributed by atoms with Crippen LogP contribution >= 0.6 is 0 Å². The fourth-order valence-corrected chi connectivity index (χ4v) is 14.6. The van der Waals surface area contributed by atoms with Gasteiger partial charge in [0, 0.05) is 0 Å². The van der Waals surface area contributed by atoms with E-state index in [1.807, 2.05) is 0 Å². The van der Waals surface area contributed by atoms with Gasteiger partial charge in [-0.05, 0) is 0 Å². The molecule has 0 radical (unpaired) electrons. The molecule has 3 rings (SSSR count). The van der Waals surface area contributed by atoms with E-state index in [-0.39, 0.29) is 0 Å². The fraction of sp³-hybridized carbons (Fsp3) is 0.250. The van der Waals surface area contributed by atoms with Crippen LogP contribution in [-0.2, 0) is 0 Å². The second-order valence-corrected chi connectivity index (χ2v) is 26.7. The molecule has 0 fully saturated rings. The molecule has 3 aromatic carbocycles. The van der Waals surface area contributed by atoms with Crippen molar-refractivity contribution in [3.8, 4) is 0 Å². The van der Waals surface area contributed by atoms with Gasteiger partial charge >= 0.3 is 192 Å². The molecule has 0 unspecified atom stereocenters. The molecule has 0 amide bonds. The van der Waals surface area contributed by atoms with Crippen molar-refractivity contribution in [2.45, 2.75) is 34.3 Å². The van der Waals surface area contributed by atoms with Crippen LogP contribution in [0.3, 0.4) is 0 Å². The Morgan fingerprint density at radius 3 is 0.893 bits per heavy atom. The Labute approximate surface area is 190 Å². The summed E-state index contributed by atoms with van der Waals surface area (Å²) >= 11 is -4.14. The molecule has 0 spiro atoms. The molecule has 0 aliphatic rings. The summed E-state index contributed by atoms with van der Waals surface area (Å²) in [5.74, 6) is 0. The van der Waals surface area contributed by atoms with Gasteiger partial charge in [-0.2, -0.15) is 0 Å². The van der Waals surface area contributed by atoms with E-state index in [9.17, 15) is 0 Å². The molecule has 0 nitrogen and oxygen atoms in total. The van der Waals surface area contributed by atoms with E-state index in [0.717, 1.165) is 0 Å². The third-order valence-electron chi connectivity index (χ3n) is 4.81. The van der Waals surface area contributed by atoms with Crippen LogP contribution in [0.5, 0.6) is 0 Å². The van der Waals surface area contributed by atoms with Crippen molar-refractivity contribution >= 4 is 84.7 Å². The maximum atomic E-state index is 2.56. The second-order valence-electron chi connectivity index (χ2n) is 7.58. The monoisotopic (exact) mass is 618 g/mol. The van der Waals surface area contributed by atoms with E-state index in [1.54, 1.807) is 26.1 Å². The molecule has 0 heterocycles. The van der Waals surface area contributed by atoms with Crippen LogP contribution in [0.25, 0.3) is 0 Å². The van der Waals surface area contributed by atoms with Crippen LogP contribution in [0.15, 0.2) is 72.8 Å². The predicted molar refractivity (Wildman–Crippen MR) is 135 cm³/mol. The molecule has 0 aliphatic carbocycles. The first kappa shape index (κ1) is 22.6. The zero-order chi connectivity index (χ0) is 20.3. The minimum atomic E-state index is -1.54. The first-order valence-electron chi connectivity index (χ1n) is 9.49. The Bertz CT molecular complexity index is 809. The third-order valence-corrected chi connectivity index (χ3v) is 18.1. The van der Waals surface area contributed by atoms with Crippen molar-refractivity contribution in [3.05, 3.63) is 72.8 Å². The molecule has 0 aromatic heterocycles. The van der Waals surface area contributed by atoms with Gasteiger partial charge in [-0.15, -0.1) is 0 Å².